The number of aromatic nitrogens is 2. The third-order valence-corrected chi connectivity index (χ3v) is 4.18. The molecule has 0 spiro atoms. The maximum atomic E-state index is 12.5. The molecule has 1 aromatic rings. The van der Waals surface area contributed by atoms with Crippen LogP contribution in [0.25, 0.3) is 0 Å². The smallest absolute Gasteiger partial charge is 0.326 e. The lowest BCUT2D eigenvalue weighted by molar-refractivity contribution is -0.142. The van der Waals surface area contributed by atoms with Gasteiger partial charge in [0.15, 0.2) is 0 Å². The number of aliphatic carboxylic acids is 2. The van der Waals surface area contributed by atoms with Crippen molar-refractivity contribution in [2.24, 2.45) is 11.5 Å². The second-order valence-electron chi connectivity index (χ2n) is 6.86. The lowest BCUT2D eigenvalue weighted by atomic mass is 10.1. The van der Waals surface area contributed by atoms with E-state index in [1.54, 1.807) is 0 Å². The zero-order valence-corrected chi connectivity index (χ0v) is 17.2. The number of nitrogens with one attached hydrogen (secondary N) is 4. The number of nitrogens with zero attached hydrogens (tertiary/aromatic N) is 1. The lowest BCUT2D eigenvalue weighted by Gasteiger charge is -2.23. The van der Waals surface area contributed by atoms with Crippen molar-refractivity contribution in [2.75, 3.05) is 6.61 Å². The molecule has 1 aromatic heterocycles. The van der Waals surface area contributed by atoms with Gasteiger partial charge in [0.25, 0.3) is 0 Å². The molecule has 0 fully saturated rings. The third-order valence-electron chi connectivity index (χ3n) is 4.18. The summed E-state index contributed by atoms with van der Waals surface area (Å²) < 4.78 is 0. The predicted octanol–water partition coefficient (Wildman–Crippen LogP) is -4.84. The number of aliphatic hydroxyl groups excluding tert-OH is 1. The van der Waals surface area contributed by atoms with Gasteiger partial charge in [-0.15, -0.1) is 0 Å². The fraction of sp³-hybridized carbons (Fsp3) is 0.471. The summed E-state index contributed by atoms with van der Waals surface area (Å²) in [6.07, 6.45) is 0.997. The van der Waals surface area contributed by atoms with Gasteiger partial charge in [0.1, 0.15) is 18.1 Å². The largest absolute Gasteiger partial charge is 0.481 e. The average Bonchev–Trinajstić information content (AvgIpc) is 3.22. The van der Waals surface area contributed by atoms with Crippen molar-refractivity contribution >= 4 is 35.6 Å². The lowest BCUT2D eigenvalue weighted by Crippen LogP contribution is -2.58. The highest BCUT2D eigenvalue weighted by molar-refractivity contribution is 5.96. The van der Waals surface area contributed by atoms with Gasteiger partial charge in [-0.3, -0.25) is 24.0 Å². The Morgan fingerprint density at radius 3 is 2.00 bits per heavy atom. The number of carbonyl (C=O) groups is 6. The SMILES string of the molecule is NC(=O)CC(NC(=O)C(N)CC(=O)O)C(=O)NC(CO)C(=O)NC(Cc1cnc[nH]1)C(=O)O. The summed E-state index contributed by atoms with van der Waals surface area (Å²) in [5.74, 6) is -7.06. The number of amides is 4. The molecule has 0 aliphatic heterocycles. The van der Waals surface area contributed by atoms with Crippen molar-refractivity contribution in [2.45, 2.75) is 43.4 Å². The van der Waals surface area contributed by atoms with Gasteiger partial charge in [0, 0.05) is 18.3 Å². The molecule has 0 aliphatic rings. The normalized spacial score (nSPS) is 14.2. The molecule has 4 amide bonds. The van der Waals surface area contributed by atoms with Gasteiger partial charge in [0.05, 0.1) is 31.8 Å². The molecule has 1 heterocycles. The number of hydrogen-bond acceptors (Lipinski definition) is 9. The van der Waals surface area contributed by atoms with E-state index >= 15 is 0 Å². The molecule has 16 heteroatoms. The molecule has 182 valence electrons. The monoisotopic (exact) mass is 471 g/mol. The van der Waals surface area contributed by atoms with Crippen LogP contribution in [-0.4, -0.2) is 91.6 Å². The van der Waals surface area contributed by atoms with Gasteiger partial charge in [-0.2, -0.15) is 0 Å². The van der Waals surface area contributed by atoms with E-state index in [1.807, 2.05) is 0 Å². The molecule has 11 N–H and O–H groups in total. The Hall–Kier alpha value is -4.05. The number of carboxylic acids is 2. The summed E-state index contributed by atoms with van der Waals surface area (Å²) in [5, 5.41) is 33.7. The number of carboxylic acid groups (broad SMARTS) is 2. The minimum absolute atomic E-state index is 0.172. The third kappa shape index (κ3) is 9.32. The fourth-order valence-corrected chi connectivity index (χ4v) is 2.53. The van der Waals surface area contributed by atoms with Crippen LogP contribution in [0.1, 0.15) is 18.5 Å². The molecule has 0 aromatic carbocycles. The summed E-state index contributed by atoms with van der Waals surface area (Å²) in [6.45, 7) is -0.955. The molecule has 16 nitrogen and oxygen atoms in total. The van der Waals surface area contributed by atoms with Crippen LogP contribution in [0.4, 0.5) is 0 Å². The van der Waals surface area contributed by atoms with Crippen LogP contribution in [0.5, 0.6) is 0 Å². The Morgan fingerprint density at radius 1 is 0.939 bits per heavy atom. The number of aromatic amines is 1. The first-order valence-corrected chi connectivity index (χ1v) is 9.42. The van der Waals surface area contributed by atoms with Crippen molar-refractivity contribution < 1.29 is 44.1 Å². The van der Waals surface area contributed by atoms with Gasteiger partial charge in [-0.1, -0.05) is 0 Å². The highest BCUT2D eigenvalue weighted by Crippen LogP contribution is 2.01. The van der Waals surface area contributed by atoms with Crippen LogP contribution in [0.15, 0.2) is 12.5 Å². The zero-order valence-electron chi connectivity index (χ0n) is 17.2. The van der Waals surface area contributed by atoms with Crippen LogP contribution < -0.4 is 27.4 Å². The molecule has 1 rings (SSSR count). The molecule has 0 bridgehead atoms. The number of nitrogens with two attached hydrogens (primary N) is 2. The van der Waals surface area contributed by atoms with E-state index in [4.69, 9.17) is 16.6 Å². The van der Waals surface area contributed by atoms with Crippen LogP contribution in [0.3, 0.4) is 0 Å². The van der Waals surface area contributed by atoms with Crippen LogP contribution >= 0.6 is 0 Å². The van der Waals surface area contributed by atoms with Crippen molar-refractivity contribution in [3.8, 4) is 0 Å². The number of aliphatic hydroxyl groups is 1. The maximum absolute atomic E-state index is 12.5. The second-order valence-corrected chi connectivity index (χ2v) is 6.86. The first-order valence-electron chi connectivity index (χ1n) is 9.42. The van der Waals surface area contributed by atoms with E-state index in [1.165, 1.54) is 12.5 Å². The Morgan fingerprint density at radius 2 is 1.52 bits per heavy atom. The standard InChI is InChI=1S/C17H25N7O9/c18-8(2-13(27)28)14(29)22-9(3-12(19)26)15(30)24-11(5-25)16(31)23-10(17(32)33)1-7-4-20-6-21-7/h4,6,8-11,25H,1-3,5,18H2,(H2,19,26)(H,20,21)(H,22,29)(H,23,31)(H,24,30)(H,27,28)(H,32,33). The van der Waals surface area contributed by atoms with E-state index < -0.39 is 79.2 Å². The molecule has 0 aliphatic carbocycles. The van der Waals surface area contributed by atoms with Gasteiger partial charge >= 0.3 is 11.9 Å². The van der Waals surface area contributed by atoms with Crippen molar-refractivity contribution in [3.63, 3.8) is 0 Å². The zero-order chi connectivity index (χ0) is 25.1. The van der Waals surface area contributed by atoms with Gasteiger partial charge in [-0.25, -0.2) is 9.78 Å². The summed E-state index contributed by atoms with van der Waals surface area (Å²) >= 11 is 0. The topological polar surface area (TPSA) is 280 Å². The molecule has 0 saturated heterocycles. The van der Waals surface area contributed by atoms with E-state index in [0.717, 1.165) is 0 Å². The van der Waals surface area contributed by atoms with E-state index in [-0.39, 0.29) is 6.42 Å². The Labute approximate surface area is 186 Å². The summed E-state index contributed by atoms with van der Waals surface area (Å²) in [6, 6.07) is -6.27. The van der Waals surface area contributed by atoms with Gasteiger partial charge < -0.3 is 47.7 Å². The molecule has 33 heavy (non-hydrogen) atoms. The van der Waals surface area contributed by atoms with Gasteiger partial charge in [0.2, 0.25) is 23.6 Å². The van der Waals surface area contributed by atoms with Crippen molar-refractivity contribution in [1.82, 2.24) is 25.9 Å². The summed E-state index contributed by atoms with van der Waals surface area (Å²) in [4.78, 5) is 76.7. The minimum atomic E-state index is -1.65. The van der Waals surface area contributed by atoms with E-state index in [9.17, 15) is 39.0 Å². The van der Waals surface area contributed by atoms with E-state index in [2.05, 4.69) is 25.9 Å². The predicted molar refractivity (Wildman–Crippen MR) is 107 cm³/mol. The van der Waals surface area contributed by atoms with Crippen molar-refractivity contribution in [3.05, 3.63) is 18.2 Å². The molecular weight excluding hydrogens is 446 g/mol. The number of primary amides is 1. The number of imidazole rings is 1. The average molecular weight is 471 g/mol. The number of hydrogen-bond donors (Lipinski definition) is 9. The van der Waals surface area contributed by atoms with Crippen LogP contribution in [-0.2, 0) is 35.2 Å². The highest BCUT2D eigenvalue weighted by atomic mass is 16.4. The number of rotatable bonds is 14. The molecule has 4 unspecified atom stereocenters. The van der Waals surface area contributed by atoms with E-state index in [0.29, 0.717) is 5.69 Å². The number of carbonyl (C=O) groups excluding carboxylic acids is 4. The molecule has 0 radical (unpaired) electrons. The first kappa shape index (κ1) is 27.0. The quantitative estimate of drug-likeness (QED) is 0.124. The molecular formula is C17H25N7O9. The van der Waals surface area contributed by atoms with Crippen molar-refractivity contribution in [1.29, 1.82) is 0 Å². The fourth-order valence-electron chi connectivity index (χ4n) is 2.53. The molecule has 4 atom stereocenters. The Balaban J connectivity index is 2.85. The second kappa shape index (κ2) is 12.7. The van der Waals surface area contributed by atoms with Gasteiger partial charge in [-0.05, 0) is 0 Å². The molecule has 0 saturated carbocycles. The minimum Gasteiger partial charge on any atom is -0.481 e. The first-order chi connectivity index (χ1) is 15.4. The van der Waals surface area contributed by atoms with Crippen LogP contribution in [0.2, 0.25) is 0 Å². The number of H-pyrrole nitrogens is 1. The van der Waals surface area contributed by atoms with Crippen LogP contribution in [0, 0.1) is 0 Å². The maximum Gasteiger partial charge on any atom is 0.326 e. The Kier molecular flexibility index (Phi) is 10.4. The summed E-state index contributed by atoms with van der Waals surface area (Å²) in [7, 11) is 0. The highest BCUT2D eigenvalue weighted by Gasteiger charge is 2.31. The Bertz CT molecular complexity index is 874. The summed E-state index contributed by atoms with van der Waals surface area (Å²) in [5.41, 5.74) is 10.9.